The lowest BCUT2D eigenvalue weighted by Crippen LogP contribution is -2.14. The van der Waals surface area contributed by atoms with Crippen molar-refractivity contribution in [3.05, 3.63) is 5.56 Å². The van der Waals surface area contributed by atoms with Gasteiger partial charge in [-0.15, -0.1) is 16.9 Å². The molecule has 0 radical (unpaired) electrons. The number of nitriles is 1. The summed E-state index contributed by atoms with van der Waals surface area (Å²) in [5.41, 5.74) is 0.175. The molecule has 0 aliphatic heterocycles. The molecule has 8 heteroatoms. The number of unbranched alkanes of at least 4 members (excludes halogenated alkanes) is 1. The maximum Gasteiger partial charge on any atom is 0.310 e. The first-order chi connectivity index (χ1) is 8.95. The van der Waals surface area contributed by atoms with Gasteiger partial charge in [-0.1, -0.05) is 20.3 Å². The van der Waals surface area contributed by atoms with Crippen LogP contribution < -0.4 is 4.18 Å². The summed E-state index contributed by atoms with van der Waals surface area (Å²) in [6.07, 6.45) is 1.28. The number of hydrogen-bond donors (Lipinski definition) is 0. The largest absolute Gasteiger partial charge is 0.358 e. The van der Waals surface area contributed by atoms with Gasteiger partial charge in [0.25, 0.3) is 5.88 Å². The molecule has 1 heterocycles. The lowest BCUT2D eigenvalue weighted by molar-refractivity contribution is 0.467. The van der Waals surface area contributed by atoms with Crippen LogP contribution >= 0.6 is 11.8 Å². The van der Waals surface area contributed by atoms with Gasteiger partial charge in [0.15, 0.2) is 0 Å². The quantitative estimate of drug-likeness (QED) is 0.565. The second-order valence-corrected chi connectivity index (χ2v) is 6.80. The van der Waals surface area contributed by atoms with Crippen molar-refractivity contribution >= 4 is 21.9 Å². The van der Waals surface area contributed by atoms with Gasteiger partial charge in [-0.3, -0.25) is 4.68 Å². The molecule has 0 aromatic carbocycles. The molecule has 0 saturated heterocycles. The van der Waals surface area contributed by atoms with E-state index in [4.69, 9.17) is 9.44 Å². The van der Waals surface area contributed by atoms with Crippen LogP contribution in [-0.4, -0.2) is 29.7 Å². The van der Waals surface area contributed by atoms with Gasteiger partial charge in [0.05, 0.1) is 5.75 Å². The number of rotatable bonds is 7. The molecule has 1 rings (SSSR count). The first-order valence-electron chi connectivity index (χ1n) is 5.97. The Kier molecular flexibility index (Phi) is 5.69. The summed E-state index contributed by atoms with van der Waals surface area (Å²) in [7, 11) is -2.03. The average Bonchev–Trinajstić information content (AvgIpc) is 2.62. The fourth-order valence-electron chi connectivity index (χ4n) is 1.42. The zero-order valence-electron chi connectivity index (χ0n) is 11.2. The zero-order valence-corrected chi connectivity index (χ0v) is 12.8. The van der Waals surface area contributed by atoms with Gasteiger partial charge in [0, 0.05) is 7.05 Å². The molecule has 0 fully saturated rings. The van der Waals surface area contributed by atoms with Crippen LogP contribution in [0.2, 0.25) is 0 Å². The van der Waals surface area contributed by atoms with E-state index in [1.807, 2.05) is 19.9 Å². The van der Waals surface area contributed by atoms with Gasteiger partial charge in [-0.25, -0.2) is 0 Å². The van der Waals surface area contributed by atoms with E-state index in [-0.39, 0.29) is 17.2 Å². The molecule has 106 valence electrons. The van der Waals surface area contributed by atoms with Crippen LogP contribution in [0, 0.1) is 11.3 Å². The van der Waals surface area contributed by atoms with E-state index in [0.717, 1.165) is 12.2 Å². The summed E-state index contributed by atoms with van der Waals surface area (Å²) in [6, 6.07) is 1.95. The van der Waals surface area contributed by atoms with Crippen molar-refractivity contribution in [2.75, 3.05) is 11.5 Å². The molecular weight excluding hydrogens is 286 g/mol. The highest BCUT2D eigenvalue weighted by Crippen LogP contribution is 2.29. The molecule has 0 amide bonds. The van der Waals surface area contributed by atoms with Crippen molar-refractivity contribution in [3.8, 4) is 11.9 Å². The average molecular weight is 303 g/mol. The minimum Gasteiger partial charge on any atom is -0.358 e. The van der Waals surface area contributed by atoms with Gasteiger partial charge in [-0.2, -0.15) is 13.7 Å². The predicted octanol–water partition coefficient (Wildman–Crippen LogP) is 1.91. The molecule has 0 aliphatic rings. The van der Waals surface area contributed by atoms with Crippen molar-refractivity contribution in [2.24, 2.45) is 7.05 Å². The second-order valence-electron chi connectivity index (χ2n) is 3.85. The Labute approximate surface area is 117 Å². The third-order valence-electron chi connectivity index (χ3n) is 2.31. The Bertz CT molecular complexity index is 573. The Morgan fingerprint density at radius 1 is 1.47 bits per heavy atom. The molecule has 0 N–H and O–H groups in total. The summed E-state index contributed by atoms with van der Waals surface area (Å²) in [5.74, 6) is 0.564. The molecule has 6 nitrogen and oxygen atoms in total. The number of aromatic nitrogens is 2. The smallest absolute Gasteiger partial charge is 0.310 e. The number of thioether (sulfide) groups is 1. The number of aryl methyl sites for hydroxylation is 1. The Morgan fingerprint density at radius 3 is 2.68 bits per heavy atom. The molecule has 0 spiro atoms. The first kappa shape index (κ1) is 15.9. The van der Waals surface area contributed by atoms with Crippen LogP contribution in [0.3, 0.4) is 0 Å². The highest BCUT2D eigenvalue weighted by Gasteiger charge is 2.22. The number of hydrogen-bond acceptors (Lipinski definition) is 6. The van der Waals surface area contributed by atoms with Gasteiger partial charge in [0.1, 0.15) is 16.7 Å². The summed E-state index contributed by atoms with van der Waals surface area (Å²) in [5, 5.41) is 13.7. The highest BCUT2D eigenvalue weighted by atomic mass is 32.2. The Hall–Kier alpha value is -1.20. The van der Waals surface area contributed by atoms with E-state index in [9.17, 15) is 8.42 Å². The fourth-order valence-corrected chi connectivity index (χ4v) is 3.29. The standard InChI is InChI=1S/C11H17N3O3S2/c1-4-6-7-19(15,16)17-10-9(8-12)11(18-5-2)14(3)13-10/h4-7H2,1-3H3. The second kappa shape index (κ2) is 6.82. The molecule has 0 bridgehead atoms. The summed E-state index contributed by atoms with van der Waals surface area (Å²) in [4.78, 5) is 0. The van der Waals surface area contributed by atoms with E-state index in [1.54, 1.807) is 7.05 Å². The third-order valence-corrected chi connectivity index (χ3v) is 4.54. The first-order valence-corrected chi connectivity index (χ1v) is 8.53. The lowest BCUT2D eigenvalue weighted by atomic mass is 10.4. The predicted molar refractivity (Wildman–Crippen MR) is 73.6 cm³/mol. The van der Waals surface area contributed by atoms with Crippen LogP contribution in [0.5, 0.6) is 5.88 Å². The summed E-state index contributed by atoms with van der Waals surface area (Å²) >= 11 is 1.42. The molecule has 19 heavy (non-hydrogen) atoms. The van der Waals surface area contributed by atoms with Crippen molar-refractivity contribution in [2.45, 2.75) is 31.7 Å². The van der Waals surface area contributed by atoms with Crippen molar-refractivity contribution in [3.63, 3.8) is 0 Å². The molecule has 0 saturated carbocycles. The zero-order chi connectivity index (χ0) is 14.5. The number of nitrogens with zero attached hydrogens (tertiary/aromatic N) is 3. The lowest BCUT2D eigenvalue weighted by Gasteiger charge is -2.03. The van der Waals surface area contributed by atoms with Crippen LogP contribution in [0.4, 0.5) is 0 Å². The maximum atomic E-state index is 11.7. The van der Waals surface area contributed by atoms with Gasteiger partial charge in [0.2, 0.25) is 0 Å². The molecule has 0 unspecified atom stereocenters. The minimum absolute atomic E-state index is 0.0683. The van der Waals surface area contributed by atoms with Crippen molar-refractivity contribution in [1.29, 1.82) is 5.26 Å². The SMILES string of the molecule is CCCCS(=O)(=O)Oc1nn(C)c(SCC)c1C#N. The van der Waals surface area contributed by atoms with Crippen LogP contribution in [0.25, 0.3) is 0 Å². The van der Waals surface area contributed by atoms with Gasteiger partial charge < -0.3 is 4.18 Å². The highest BCUT2D eigenvalue weighted by molar-refractivity contribution is 7.99. The van der Waals surface area contributed by atoms with Crippen LogP contribution in [-0.2, 0) is 17.2 Å². The Morgan fingerprint density at radius 2 is 2.16 bits per heavy atom. The minimum atomic E-state index is -3.68. The van der Waals surface area contributed by atoms with Crippen molar-refractivity contribution < 1.29 is 12.6 Å². The normalized spacial score (nSPS) is 11.3. The molecule has 1 aromatic heterocycles. The Balaban J connectivity index is 3.03. The molecule has 0 atom stereocenters. The van der Waals surface area contributed by atoms with E-state index >= 15 is 0 Å². The molecule has 0 aliphatic carbocycles. The van der Waals surface area contributed by atoms with Crippen LogP contribution in [0.15, 0.2) is 5.03 Å². The monoisotopic (exact) mass is 303 g/mol. The van der Waals surface area contributed by atoms with E-state index < -0.39 is 10.1 Å². The van der Waals surface area contributed by atoms with E-state index in [0.29, 0.717) is 11.4 Å². The fraction of sp³-hybridized carbons (Fsp3) is 0.636. The molecular formula is C11H17N3O3S2. The maximum absolute atomic E-state index is 11.7. The van der Waals surface area contributed by atoms with Crippen LogP contribution in [0.1, 0.15) is 32.3 Å². The van der Waals surface area contributed by atoms with E-state index in [2.05, 4.69) is 5.10 Å². The summed E-state index contributed by atoms with van der Waals surface area (Å²) in [6.45, 7) is 3.84. The van der Waals surface area contributed by atoms with Gasteiger partial charge >= 0.3 is 10.1 Å². The third kappa shape index (κ3) is 4.14. The topological polar surface area (TPSA) is 85.0 Å². The van der Waals surface area contributed by atoms with E-state index in [1.165, 1.54) is 16.4 Å². The summed E-state index contributed by atoms with van der Waals surface area (Å²) < 4.78 is 29.8. The molecule has 1 aromatic rings. The van der Waals surface area contributed by atoms with Gasteiger partial charge in [-0.05, 0) is 12.2 Å². The van der Waals surface area contributed by atoms with Crippen molar-refractivity contribution in [1.82, 2.24) is 9.78 Å².